The van der Waals surface area contributed by atoms with E-state index in [1.807, 2.05) is 0 Å². The molecule has 0 saturated carbocycles. The van der Waals surface area contributed by atoms with E-state index in [0.717, 1.165) is 0 Å². The Morgan fingerprint density at radius 2 is 1.04 bits per heavy atom. The highest BCUT2D eigenvalue weighted by atomic mass is 32.3. The first kappa shape index (κ1) is 29.1. The molecule has 0 fully saturated rings. The molecule has 0 aromatic carbocycles. The van der Waals surface area contributed by atoms with Crippen molar-refractivity contribution in [1.82, 2.24) is 0 Å². The summed E-state index contributed by atoms with van der Waals surface area (Å²) in [5.74, 6) is 0. The van der Waals surface area contributed by atoms with E-state index in [4.69, 9.17) is 35.0 Å². The molecule has 0 saturated heterocycles. The standard InChI is InChI=1S/C17H30N.2H2O4S/c1-2-3-4-5-6-7-8-9-10-12-15-18-16-13-11-14-17-18;2*1-5(2,3)4/h11,13-14,16-17H,2-10,12,15H2,1H3;2*(H2,1,2,3,4)/q+1;;/p-1. The maximum Gasteiger partial charge on any atom is 0.394 e. The van der Waals surface area contributed by atoms with E-state index in [9.17, 15) is 0 Å². The van der Waals surface area contributed by atoms with Crippen LogP contribution < -0.4 is 4.57 Å². The Bertz CT molecular complexity index is 618. The van der Waals surface area contributed by atoms with Crippen LogP contribution in [0.5, 0.6) is 0 Å². The van der Waals surface area contributed by atoms with Crippen molar-refractivity contribution in [2.75, 3.05) is 0 Å². The van der Waals surface area contributed by atoms with Gasteiger partial charge in [0.2, 0.25) is 10.4 Å². The van der Waals surface area contributed by atoms with Crippen LogP contribution in [0.25, 0.3) is 0 Å². The van der Waals surface area contributed by atoms with E-state index in [1.165, 1.54) is 70.8 Å². The average Bonchev–Trinajstić information content (AvgIpc) is 2.54. The monoisotopic (exact) mass is 443 g/mol. The predicted octanol–water partition coefficient (Wildman–Crippen LogP) is 3.25. The van der Waals surface area contributed by atoms with Gasteiger partial charge in [-0.1, -0.05) is 64.4 Å². The van der Waals surface area contributed by atoms with Crippen molar-refractivity contribution in [3.63, 3.8) is 0 Å². The summed E-state index contributed by atoms with van der Waals surface area (Å²) < 4.78 is 66.7. The van der Waals surface area contributed by atoms with E-state index in [2.05, 4.69) is 42.1 Å². The van der Waals surface area contributed by atoms with Gasteiger partial charge in [-0.3, -0.25) is 13.7 Å². The van der Waals surface area contributed by atoms with Crippen LogP contribution >= 0.6 is 0 Å². The molecule has 3 N–H and O–H groups in total. The number of aryl methyl sites for hydroxylation is 1. The third-order valence-electron chi connectivity index (χ3n) is 3.55. The molecular formula is C17H33NO8S2. The van der Waals surface area contributed by atoms with E-state index >= 15 is 0 Å². The number of rotatable bonds is 11. The number of pyridine rings is 1. The zero-order valence-electron chi connectivity index (χ0n) is 16.3. The lowest BCUT2D eigenvalue weighted by Crippen LogP contribution is -2.32. The first-order valence-corrected chi connectivity index (χ1v) is 12.0. The van der Waals surface area contributed by atoms with Crippen LogP contribution in [-0.2, 0) is 27.3 Å². The minimum absolute atomic E-state index is 1.18. The normalized spacial score (nSPS) is 11.0. The van der Waals surface area contributed by atoms with E-state index in [-0.39, 0.29) is 0 Å². The van der Waals surface area contributed by atoms with Crippen LogP contribution in [-0.4, -0.2) is 35.0 Å². The van der Waals surface area contributed by atoms with Gasteiger partial charge in [0, 0.05) is 18.6 Å². The second-order valence-corrected chi connectivity index (χ2v) is 7.92. The first-order valence-electron chi connectivity index (χ1n) is 9.25. The van der Waals surface area contributed by atoms with Crippen molar-refractivity contribution in [2.24, 2.45) is 0 Å². The first-order chi connectivity index (χ1) is 12.9. The molecule has 1 rings (SSSR count). The van der Waals surface area contributed by atoms with Gasteiger partial charge in [0.05, 0.1) is 0 Å². The largest absolute Gasteiger partial charge is 0.726 e. The van der Waals surface area contributed by atoms with Crippen LogP contribution in [0.2, 0.25) is 0 Å². The van der Waals surface area contributed by atoms with Crippen LogP contribution in [0.3, 0.4) is 0 Å². The van der Waals surface area contributed by atoms with Crippen molar-refractivity contribution in [2.45, 2.75) is 77.7 Å². The van der Waals surface area contributed by atoms with Crippen molar-refractivity contribution in [3.05, 3.63) is 30.6 Å². The maximum atomic E-state index is 8.74. The topological polar surface area (TPSA) is 156 Å². The molecule has 0 bridgehead atoms. The van der Waals surface area contributed by atoms with Crippen molar-refractivity contribution < 1.29 is 39.6 Å². The van der Waals surface area contributed by atoms with Gasteiger partial charge < -0.3 is 4.55 Å². The zero-order chi connectivity index (χ0) is 21.9. The van der Waals surface area contributed by atoms with Crippen molar-refractivity contribution in [1.29, 1.82) is 0 Å². The summed E-state index contributed by atoms with van der Waals surface area (Å²) in [5.41, 5.74) is 0. The highest BCUT2D eigenvalue weighted by Gasteiger charge is 1.97. The molecule has 11 heteroatoms. The fraction of sp³-hybridized carbons (Fsp3) is 0.706. The molecule has 0 radical (unpaired) electrons. The Hall–Kier alpha value is -1.11. The molecule has 0 amide bonds. The van der Waals surface area contributed by atoms with Gasteiger partial charge in [0.15, 0.2) is 12.4 Å². The predicted molar refractivity (Wildman–Crippen MR) is 105 cm³/mol. The summed E-state index contributed by atoms with van der Waals surface area (Å²) >= 11 is 0. The lowest BCUT2D eigenvalue weighted by Gasteiger charge is -2.01. The van der Waals surface area contributed by atoms with Gasteiger partial charge in [0.25, 0.3) is 0 Å². The van der Waals surface area contributed by atoms with Crippen molar-refractivity contribution in [3.8, 4) is 0 Å². The highest BCUT2D eigenvalue weighted by Crippen LogP contribution is 2.10. The molecule has 0 atom stereocenters. The Balaban J connectivity index is 0. The van der Waals surface area contributed by atoms with E-state index in [0.29, 0.717) is 0 Å². The van der Waals surface area contributed by atoms with Gasteiger partial charge in [-0.05, 0) is 6.42 Å². The zero-order valence-corrected chi connectivity index (χ0v) is 17.9. The lowest BCUT2D eigenvalue weighted by atomic mass is 10.1. The minimum Gasteiger partial charge on any atom is -0.726 e. The third-order valence-corrected chi connectivity index (χ3v) is 3.55. The Morgan fingerprint density at radius 3 is 1.39 bits per heavy atom. The molecule has 0 aliphatic rings. The molecule has 0 spiro atoms. The van der Waals surface area contributed by atoms with E-state index in [1.54, 1.807) is 0 Å². The fourth-order valence-corrected chi connectivity index (χ4v) is 2.37. The summed E-state index contributed by atoms with van der Waals surface area (Å²) in [6, 6.07) is 6.29. The fourth-order valence-electron chi connectivity index (χ4n) is 2.37. The minimum atomic E-state index is -4.92. The number of hydrogen-bond acceptors (Lipinski definition) is 5. The molecule has 28 heavy (non-hydrogen) atoms. The van der Waals surface area contributed by atoms with E-state index < -0.39 is 20.8 Å². The molecule has 166 valence electrons. The van der Waals surface area contributed by atoms with Crippen molar-refractivity contribution >= 4 is 20.8 Å². The molecule has 1 heterocycles. The quantitative estimate of drug-likeness (QED) is 0.204. The summed E-state index contributed by atoms with van der Waals surface area (Å²) in [7, 11) is -9.58. The molecule has 0 aliphatic heterocycles. The highest BCUT2D eigenvalue weighted by molar-refractivity contribution is 7.80. The number of nitrogens with zero attached hydrogens (tertiary/aromatic N) is 1. The smallest absolute Gasteiger partial charge is 0.394 e. The molecule has 9 nitrogen and oxygen atoms in total. The van der Waals surface area contributed by atoms with Crippen LogP contribution in [0.4, 0.5) is 0 Å². The second kappa shape index (κ2) is 18.0. The third kappa shape index (κ3) is 39.8. The number of hydrogen-bond donors (Lipinski definition) is 3. The number of unbranched alkanes of at least 4 members (excludes halogenated alkanes) is 9. The van der Waals surface area contributed by atoms with Crippen LogP contribution in [0.1, 0.15) is 71.1 Å². The summed E-state index contributed by atoms with van der Waals surface area (Å²) in [6.45, 7) is 3.46. The van der Waals surface area contributed by atoms with Gasteiger partial charge in [-0.15, -0.1) is 0 Å². The molecule has 1 aromatic heterocycles. The Labute approximate surface area is 169 Å². The van der Waals surface area contributed by atoms with Gasteiger partial charge in [-0.25, -0.2) is 13.0 Å². The number of aromatic nitrogens is 1. The second-order valence-electron chi connectivity index (χ2n) is 6.17. The average molecular weight is 444 g/mol. The van der Waals surface area contributed by atoms with Gasteiger partial charge in [0.1, 0.15) is 6.54 Å². The molecule has 0 aliphatic carbocycles. The summed E-state index contributed by atoms with van der Waals surface area (Å²) in [5, 5.41) is 0. The maximum absolute atomic E-state index is 8.74. The Morgan fingerprint density at radius 1 is 0.714 bits per heavy atom. The summed E-state index contributed by atoms with van der Waals surface area (Å²) in [4.78, 5) is 0. The van der Waals surface area contributed by atoms with Crippen LogP contribution in [0, 0.1) is 0 Å². The molecule has 1 aromatic rings. The summed E-state index contributed by atoms with van der Waals surface area (Å²) in [6.07, 6.45) is 18.5. The SMILES string of the molecule is CCCCCCCCCCCC[n+]1ccccc1.O=S(=O)(O)O.O=S(=O)([O-])O. The Kier molecular flexibility index (Phi) is 18.7. The van der Waals surface area contributed by atoms with Crippen LogP contribution in [0.15, 0.2) is 30.6 Å². The van der Waals surface area contributed by atoms with Gasteiger partial charge >= 0.3 is 10.4 Å². The molecular weight excluding hydrogens is 410 g/mol. The lowest BCUT2D eigenvalue weighted by molar-refractivity contribution is -0.697. The van der Waals surface area contributed by atoms with Gasteiger partial charge in [-0.2, -0.15) is 8.42 Å². The molecule has 0 unspecified atom stereocenters.